The van der Waals surface area contributed by atoms with E-state index >= 15 is 0 Å². The molecule has 0 aliphatic carbocycles. The van der Waals surface area contributed by atoms with Crippen molar-refractivity contribution in [1.82, 2.24) is 0 Å². The molecule has 2 rings (SSSR count). The Hall–Kier alpha value is -2.14. The summed E-state index contributed by atoms with van der Waals surface area (Å²) in [5.41, 5.74) is 2.68. The second-order valence-electron chi connectivity index (χ2n) is 4.68. The van der Waals surface area contributed by atoms with Gasteiger partial charge in [-0.2, -0.15) is 0 Å². The molecule has 0 unspecified atom stereocenters. The number of carboxylic acid groups (broad SMARTS) is 1. The number of carbonyl (C=O) groups excluding carboxylic acids is 1. The number of rotatable bonds is 4. The quantitative estimate of drug-likeness (QED) is 0.887. The molecule has 0 radical (unpaired) electrons. The fourth-order valence-electron chi connectivity index (χ4n) is 2.01. The predicted molar refractivity (Wildman–Crippen MR) is 84.6 cm³/mol. The molecule has 2 aromatic carbocycles. The van der Waals surface area contributed by atoms with E-state index < -0.39 is 5.97 Å². The number of hydrogen-bond donors (Lipinski definition) is 2. The number of carbonyl (C=O) groups is 2. The van der Waals surface area contributed by atoms with Gasteiger partial charge in [0.25, 0.3) is 5.91 Å². The first kappa shape index (κ1) is 15.3. The van der Waals surface area contributed by atoms with Gasteiger partial charge < -0.3 is 10.4 Å². The molecule has 5 heteroatoms. The van der Waals surface area contributed by atoms with Gasteiger partial charge >= 0.3 is 5.97 Å². The van der Waals surface area contributed by atoms with Crippen LogP contribution in [0.25, 0.3) is 0 Å². The van der Waals surface area contributed by atoms with Crippen molar-refractivity contribution in [3.8, 4) is 0 Å². The minimum atomic E-state index is -0.901. The van der Waals surface area contributed by atoms with Crippen molar-refractivity contribution in [1.29, 1.82) is 0 Å². The average Bonchev–Trinajstić information content (AvgIpc) is 2.37. The Morgan fingerprint density at radius 1 is 1.19 bits per heavy atom. The van der Waals surface area contributed by atoms with Crippen molar-refractivity contribution in [3.05, 3.63) is 63.6 Å². The van der Waals surface area contributed by atoms with E-state index in [2.05, 4.69) is 21.2 Å². The van der Waals surface area contributed by atoms with Gasteiger partial charge in [0.05, 0.1) is 6.42 Å². The molecule has 0 heterocycles. The van der Waals surface area contributed by atoms with Gasteiger partial charge in [0.2, 0.25) is 0 Å². The van der Waals surface area contributed by atoms with Crippen LogP contribution < -0.4 is 5.32 Å². The third-order valence-electron chi connectivity index (χ3n) is 2.97. The fourth-order valence-corrected chi connectivity index (χ4v) is 2.49. The van der Waals surface area contributed by atoms with Crippen LogP contribution in [0, 0.1) is 6.92 Å². The maximum absolute atomic E-state index is 12.2. The highest BCUT2D eigenvalue weighted by Gasteiger charge is 2.10. The zero-order valence-electron chi connectivity index (χ0n) is 11.4. The Morgan fingerprint density at radius 3 is 2.62 bits per heavy atom. The highest BCUT2D eigenvalue weighted by molar-refractivity contribution is 9.10. The first-order valence-electron chi connectivity index (χ1n) is 6.34. The lowest BCUT2D eigenvalue weighted by molar-refractivity contribution is -0.136. The zero-order valence-corrected chi connectivity index (χ0v) is 13.0. The minimum Gasteiger partial charge on any atom is -0.481 e. The Bertz CT molecular complexity index is 698. The van der Waals surface area contributed by atoms with Crippen LogP contribution in [0.1, 0.15) is 21.5 Å². The molecular weight excluding hydrogens is 334 g/mol. The van der Waals surface area contributed by atoms with Crippen molar-refractivity contribution in [2.45, 2.75) is 13.3 Å². The summed E-state index contributed by atoms with van der Waals surface area (Å²) < 4.78 is 0.917. The number of halogens is 1. The van der Waals surface area contributed by atoms with E-state index in [1.54, 1.807) is 30.3 Å². The summed E-state index contributed by atoms with van der Waals surface area (Å²) >= 11 is 3.36. The molecule has 1 amide bonds. The summed E-state index contributed by atoms with van der Waals surface area (Å²) in [6.45, 7) is 1.86. The van der Waals surface area contributed by atoms with Gasteiger partial charge in [-0.3, -0.25) is 9.59 Å². The van der Waals surface area contributed by atoms with Crippen molar-refractivity contribution >= 4 is 33.5 Å². The van der Waals surface area contributed by atoms with Gasteiger partial charge in [-0.15, -0.1) is 0 Å². The average molecular weight is 348 g/mol. The maximum Gasteiger partial charge on any atom is 0.307 e. The van der Waals surface area contributed by atoms with E-state index in [1.165, 1.54) is 0 Å². The van der Waals surface area contributed by atoms with Crippen molar-refractivity contribution in [2.24, 2.45) is 0 Å². The Labute approximate surface area is 130 Å². The predicted octanol–water partition coefficient (Wildman–Crippen LogP) is 3.64. The number of anilines is 1. The van der Waals surface area contributed by atoms with Gasteiger partial charge in [-0.25, -0.2) is 0 Å². The van der Waals surface area contributed by atoms with Crippen molar-refractivity contribution in [3.63, 3.8) is 0 Å². The number of hydrogen-bond acceptors (Lipinski definition) is 2. The molecule has 21 heavy (non-hydrogen) atoms. The van der Waals surface area contributed by atoms with Crippen LogP contribution in [0.2, 0.25) is 0 Å². The minimum absolute atomic E-state index is 0.0684. The van der Waals surface area contributed by atoms with Gasteiger partial charge in [-0.1, -0.05) is 28.1 Å². The molecule has 0 aromatic heterocycles. The lowest BCUT2D eigenvalue weighted by Gasteiger charge is -2.09. The molecule has 2 aromatic rings. The molecule has 0 saturated heterocycles. The standard InChI is InChI=1S/C16H14BrNO3/c1-10-7-12(17)5-6-14(10)16(21)18-13-4-2-3-11(8-13)9-15(19)20/h2-8H,9H2,1H3,(H,18,21)(H,19,20). The highest BCUT2D eigenvalue weighted by Crippen LogP contribution is 2.18. The normalized spacial score (nSPS) is 10.2. The van der Waals surface area contributed by atoms with Crippen LogP contribution in [0.5, 0.6) is 0 Å². The lowest BCUT2D eigenvalue weighted by Crippen LogP contribution is -2.13. The van der Waals surface area contributed by atoms with Crippen LogP contribution in [-0.4, -0.2) is 17.0 Å². The fraction of sp³-hybridized carbons (Fsp3) is 0.125. The number of carboxylic acids is 1. The second-order valence-corrected chi connectivity index (χ2v) is 5.60. The van der Waals surface area contributed by atoms with Crippen molar-refractivity contribution in [2.75, 3.05) is 5.32 Å². The monoisotopic (exact) mass is 347 g/mol. The molecule has 0 aliphatic heterocycles. The molecule has 0 bridgehead atoms. The molecule has 108 valence electrons. The van der Waals surface area contributed by atoms with E-state index in [4.69, 9.17) is 5.11 Å². The highest BCUT2D eigenvalue weighted by atomic mass is 79.9. The SMILES string of the molecule is Cc1cc(Br)ccc1C(=O)Nc1cccc(CC(=O)O)c1. The van der Waals surface area contributed by atoms with Crippen LogP contribution in [0.15, 0.2) is 46.9 Å². The van der Waals surface area contributed by atoms with E-state index in [9.17, 15) is 9.59 Å². The van der Waals surface area contributed by atoms with Crippen LogP contribution >= 0.6 is 15.9 Å². The van der Waals surface area contributed by atoms with Gasteiger partial charge in [0, 0.05) is 15.7 Å². The molecule has 0 saturated carbocycles. The summed E-state index contributed by atoms with van der Waals surface area (Å²) in [7, 11) is 0. The van der Waals surface area contributed by atoms with Gasteiger partial charge in [0.1, 0.15) is 0 Å². The topological polar surface area (TPSA) is 66.4 Å². The lowest BCUT2D eigenvalue weighted by atomic mass is 10.1. The first-order chi connectivity index (χ1) is 9.95. The zero-order chi connectivity index (χ0) is 15.4. The Balaban J connectivity index is 2.17. The number of nitrogens with one attached hydrogen (secondary N) is 1. The van der Waals surface area contributed by atoms with E-state index in [0.29, 0.717) is 16.8 Å². The molecule has 2 N–H and O–H groups in total. The van der Waals surface area contributed by atoms with Gasteiger partial charge in [0.15, 0.2) is 0 Å². The first-order valence-corrected chi connectivity index (χ1v) is 7.13. The third kappa shape index (κ3) is 4.16. The largest absolute Gasteiger partial charge is 0.481 e. The second kappa shape index (κ2) is 6.54. The molecular formula is C16H14BrNO3. The Morgan fingerprint density at radius 2 is 1.95 bits per heavy atom. The summed E-state index contributed by atoms with van der Waals surface area (Å²) in [4.78, 5) is 22.9. The molecule has 0 atom stereocenters. The van der Waals surface area contributed by atoms with Gasteiger partial charge in [-0.05, 0) is 48.4 Å². The number of amides is 1. The third-order valence-corrected chi connectivity index (χ3v) is 3.47. The van der Waals surface area contributed by atoms with Crippen molar-refractivity contribution < 1.29 is 14.7 Å². The number of aliphatic carboxylic acids is 1. The number of aryl methyl sites for hydroxylation is 1. The van der Waals surface area contributed by atoms with E-state index in [-0.39, 0.29) is 12.3 Å². The van der Waals surface area contributed by atoms with E-state index in [0.717, 1.165) is 10.0 Å². The smallest absolute Gasteiger partial charge is 0.307 e. The van der Waals surface area contributed by atoms with Crippen LogP contribution in [0.4, 0.5) is 5.69 Å². The maximum atomic E-state index is 12.2. The van der Waals surface area contributed by atoms with Crippen LogP contribution in [0.3, 0.4) is 0 Å². The molecule has 0 spiro atoms. The summed E-state index contributed by atoms with van der Waals surface area (Å²) in [5, 5.41) is 11.6. The summed E-state index contributed by atoms with van der Waals surface area (Å²) in [5.74, 6) is -1.12. The number of benzene rings is 2. The molecule has 0 aliphatic rings. The summed E-state index contributed by atoms with van der Waals surface area (Å²) in [6, 6.07) is 12.3. The Kier molecular flexibility index (Phi) is 4.75. The molecule has 0 fully saturated rings. The van der Waals surface area contributed by atoms with E-state index in [1.807, 2.05) is 19.1 Å². The summed E-state index contributed by atoms with van der Waals surface area (Å²) in [6.07, 6.45) is -0.0684. The van der Waals surface area contributed by atoms with Crippen LogP contribution in [-0.2, 0) is 11.2 Å². The molecule has 4 nitrogen and oxygen atoms in total.